The lowest BCUT2D eigenvalue weighted by Gasteiger charge is -2.32. The summed E-state index contributed by atoms with van der Waals surface area (Å²) in [5.74, 6) is 0. The zero-order valence-corrected chi connectivity index (χ0v) is 15.2. The van der Waals surface area contributed by atoms with E-state index in [2.05, 4.69) is 5.10 Å². The van der Waals surface area contributed by atoms with Gasteiger partial charge in [0.15, 0.2) is 0 Å². The van der Waals surface area contributed by atoms with Crippen molar-refractivity contribution in [2.75, 3.05) is 0 Å². The molecule has 2 rings (SSSR count). The number of halogens is 4. The summed E-state index contributed by atoms with van der Waals surface area (Å²) in [6.07, 6.45) is -2.01. The molecule has 0 aliphatic carbocycles. The van der Waals surface area contributed by atoms with Gasteiger partial charge in [-0.05, 0) is 41.0 Å². The van der Waals surface area contributed by atoms with E-state index in [1.54, 1.807) is 27.7 Å². The van der Waals surface area contributed by atoms with Crippen LogP contribution in [0, 0.1) is 0 Å². The van der Waals surface area contributed by atoms with Crippen LogP contribution in [0.4, 0.5) is 17.6 Å². The molecule has 1 fully saturated rings. The lowest BCUT2D eigenvalue weighted by molar-refractivity contribution is -0.0699. The van der Waals surface area contributed by atoms with Crippen molar-refractivity contribution in [2.24, 2.45) is 0 Å². The predicted molar refractivity (Wildman–Crippen MR) is 87.4 cm³/mol. The molecule has 0 bridgehead atoms. The molecule has 25 heavy (non-hydrogen) atoms. The van der Waals surface area contributed by atoms with E-state index in [0.717, 1.165) is 6.20 Å². The van der Waals surface area contributed by atoms with Crippen molar-refractivity contribution in [1.82, 2.24) is 9.78 Å². The van der Waals surface area contributed by atoms with E-state index in [4.69, 9.17) is 9.31 Å². The number of rotatable bonds is 4. The maximum Gasteiger partial charge on any atom is 0.525 e. The van der Waals surface area contributed by atoms with E-state index in [1.807, 2.05) is 13.8 Å². The van der Waals surface area contributed by atoms with Crippen molar-refractivity contribution in [1.29, 1.82) is 0 Å². The van der Waals surface area contributed by atoms with E-state index in [1.165, 1.54) is 10.9 Å². The molecule has 1 aromatic heterocycles. The Morgan fingerprint density at radius 2 is 1.76 bits per heavy atom. The van der Waals surface area contributed by atoms with E-state index in [0.29, 0.717) is 6.42 Å². The van der Waals surface area contributed by atoms with Gasteiger partial charge in [-0.2, -0.15) is 18.3 Å². The van der Waals surface area contributed by atoms with Crippen molar-refractivity contribution in [3.63, 3.8) is 0 Å². The quantitative estimate of drug-likeness (QED) is 0.574. The molecule has 1 aromatic rings. The summed E-state index contributed by atoms with van der Waals surface area (Å²) in [4.78, 5) is 0. The maximum atomic E-state index is 14.8. The van der Waals surface area contributed by atoms with Gasteiger partial charge in [0, 0.05) is 17.8 Å². The highest BCUT2D eigenvalue weighted by Gasteiger charge is 2.55. The zero-order chi connectivity index (χ0) is 19.2. The highest BCUT2D eigenvalue weighted by atomic mass is 19.4. The first-order chi connectivity index (χ1) is 11.3. The molecule has 0 amide bonds. The number of hydrogen-bond donors (Lipinski definition) is 0. The molecule has 0 N–H and O–H groups in total. The van der Waals surface area contributed by atoms with Crippen molar-refractivity contribution in [3.8, 4) is 0 Å². The summed E-state index contributed by atoms with van der Waals surface area (Å²) in [5.41, 5.74) is -5.13. The molecule has 1 atom stereocenters. The molecule has 1 aliphatic rings. The summed E-state index contributed by atoms with van der Waals surface area (Å²) in [6, 6.07) is -0.0943. The predicted octanol–water partition coefficient (Wildman–Crippen LogP) is 4.73. The van der Waals surface area contributed by atoms with Crippen molar-refractivity contribution in [3.05, 3.63) is 23.7 Å². The molecule has 0 spiro atoms. The normalized spacial score (nSPS) is 22.1. The third-order valence-corrected chi connectivity index (χ3v) is 4.92. The molecule has 4 nitrogen and oxygen atoms in total. The Kier molecular flexibility index (Phi) is 5.14. The fourth-order valence-corrected chi connectivity index (χ4v) is 2.40. The Balaban J connectivity index is 2.47. The standard InChI is InChI=1S/C16H23BF4N2O2/c1-7-10(2)23-9-11(8-22-23)12(16(19,20)21)13(18)17-24-14(3,4)15(5,6)25-17/h8-10H,7H2,1-6H3. The molecule has 0 aromatic carbocycles. The van der Waals surface area contributed by atoms with Gasteiger partial charge >= 0.3 is 13.3 Å². The van der Waals surface area contributed by atoms with Crippen LogP contribution in [0.15, 0.2) is 18.1 Å². The van der Waals surface area contributed by atoms with Crippen LogP contribution in [0.3, 0.4) is 0 Å². The van der Waals surface area contributed by atoms with Crippen molar-refractivity contribution < 1.29 is 26.9 Å². The van der Waals surface area contributed by atoms with Gasteiger partial charge in [0.25, 0.3) is 0 Å². The molecular weight excluding hydrogens is 339 g/mol. The molecule has 0 saturated carbocycles. The largest absolute Gasteiger partial charge is 0.525 e. The van der Waals surface area contributed by atoms with Gasteiger partial charge in [-0.25, -0.2) is 4.39 Å². The number of allylic oxidation sites excluding steroid dienone is 1. The molecule has 140 valence electrons. The van der Waals surface area contributed by atoms with E-state index >= 15 is 0 Å². The van der Waals surface area contributed by atoms with Crippen LogP contribution in [-0.2, 0) is 9.31 Å². The van der Waals surface area contributed by atoms with E-state index in [9.17, 15) is 17.6 Å². The van der Waals surface area contributed by atoms with Crippen LogP contribution in [0.5, 0.6) is 0 Å². The zero-order valence-electron chi connectivity index (χ0n) is 15.2. The van der Waals surface area contributed by atoms with Crippen molar-refractivity contribution in [2.45, 2.75) is 71.4 Å². The first-order valence-electron chi connectivity index (χ1n) is 8.17. The highest BCUT2D eigenvalue weighted by Crippen LogP contribution is 2.43. The SMILES string of the molecule is CCC(C)n1cc(C(=C(F)B2OC(C)(C)C(C)(C)O2)C(F)(F)F)cn1. The number of alkyl halides is 3. The maximum absolute atomic E-state index is 14.8. The second-order valence-electron chi connectivity index (χ2n) is 7.28. The van der Waals surface area contributed by atoms with Crippen molar-refractivity contribution >= 4 is 12.7 Å². The number of aromatic nitrogens is 2. The van der Waals surface area contributed by atoms with Gasteiger partial charge in [0.2, 0.25) is 0 Å². The Labute approximate surface area is 145 Å². The topological polar surface area (TPSA) is 36.3 Å². The van der Waals surface area contributed by atoms with Crippen LogP contribution < -0.4 is 0 Å². The lowest BCUT2D eigenvalue weighted by Crippen LogP contribution is -2.41. The monoisotopic (exact) mass is 362 g/mol. The fraction of sp³-hybridized carbons (Fsp3) is 0.688. The Bertz CT molecular complexity index is 651. The van der Waals surface area contributed by atoms with Gasteiger partial charge < -0.3 is 9.31 Å². The minimum atomic E-state index is -4.91. The molecule has 1 unspecified atom stereocenters. The van der Waals surface area contributed by atoms with Crippen LogP contribution in [0.1, 0.15) is 59.6 Å². The van der Waals surface area contributed by atoms with Crippen LogP contribution in [-0.4, -0.2) is 34.3 Å². The summed E-state index contributed by atoms with van der Waals surface area (Å²) in [5, 5.41) is 3.92. The summed E-state index contributed by atoms with van der Waals surface area (Å²) >= 11 is 0. The first-order valence-corrected chi connectivity index (χ1v) is 8.17. The van der Waals surface area contributed by atoms with E-state index < -0.39 is 35.8 Å². The van der Waals surface area contributed by atoms with Gasteiger partial charge in [-0.3, -0.25) is 4.68 Å². The smallest absolute Gasteiger partial charge is 0.398 e. The second kappa shape index (κ2) is 6.43. The lowest BCUT2D eigenvalue weighted by atomic mass is 9.83. The third kappa shape index (κ3) is 3.77. The van der Waals surface area contributed by atoms with Gasteiger partial charge in [-0.15, -0.1) is 0 Å². The second-order valence-corrected chi connectivity index (χ2v) is 7.28. The fourth-order valence-electron chi connectivity index (χ4n) is 2.40. The Morgan fingerprint density at radius 1 is 1.24 bits per heavy atom. The Hall–Kier alpha value is -1.35. The summed E-state index contributed by atoms with van der Waals surface area (Å²) in [7, 11) is -1.71. The number of nitrogens with zero attached hydrogens (tertiary/aromatic N) is 2. The van der Waals surface area contributed by atoms with Gasteiger partial charge in [0.05, 0.1) is 23.0 Å². The highest BCUT2D eigenvalue weighted by molar-refractivity contribution is 6.55. The molecule has 2 heterocycles. The van der Waals surface area contributed by atoms with Gasteiger partial charge in [0.1, 0.15) is 5.73 Å². The first kappa shape index (κ1) is 20.0. The molecular formula is C16H23BF4N2O2. The Morgan fingerprint density at radius 3 is 2.20 bits per heavy atom. The van der Waals surface area contributed by atoms with Crippen LogP contribution in [0.2, 0.25) is 0 Å². The molecule has 9 heteroatoms. The minimum Gasteiger partial charge on any atom is -0.398 e. The molecule has 1 saturated heterocycles. The minimum absolute atomic E-state index is 0.0943. The van der Waals surface area contributed by atoms with E-state index in [-0.39, 0.29) is 11.6 Å². The average Bonchev–Trinajstić information content (AvgIpc) is 3.00. The third-order valence-electron chi connectivity index (χ3n) is 4.92. The number of hydrogen-bond acceptors (Lipinski definition) is 3. The van der Waals surface area contributed by atoms with Crippen LogP contribution in [0.25, 0.3) is 5.57 Å². The average molecular weight is 362 g/mol. The summed E-state index contributed by atoms with van der Waals surface area (Å²) in [6.45, 7) is 10.3. The van der Waals surface area contributed by atoms with Crippen LogP contribution >= 0.6 is 0 Å². The summed E-state index contributed by atoms with van der Waals surface area (Å²) < 4.78 is 67.6. The molecule has 1 aliphatic heterocycles. The molecule has 0 radical (unpaired) electrons. The van der Waals surface area contributed by atoms with Gasteiger partial charge in [-0.1, -0.05) is 6.92 Å².